The molecule has 2 aromatic rings. The highest BCUT2D eigenvalue weighted by Crippen LogP contribution is 2.26. The minimum atomic E-state index is -4.55. The lowest BCUT2D eigenvalue weighted by molar-refractivity contribution is -0.144. The average molecular weight is 230 g/mol. The summed E-state index contributed by atoms with van der Waals surface area (Å²) in [5, 5.41) is 3.50. The molecule has 84 valence electrons. The Balaban J connectivity index is 2.33. The molecule has 0 aromatic carbocycles. The molecule has 0 unspecified atom stereocenters. The van der Waals surface area contributed by atoms with Crippen LogP contribution >= 0.6 is 0 Å². The van der Waals surface area contributed by atoms with Crippen molar-refractivity contribution in [1.82, 2.24) is 20.1 Å². The number of rotatable bonds is 1. The van der Waals surface area contributed by atoms with E-state index >= 15 is 0 Å². The van der Waals surface area contributed by atoms with E-state index in [0.29, 0.717) is 5.82 Å². The molecular formula is C8H5F3N4O. The van der Waals surface area contributed by atoms with Gasteiger partial charge >= 0.3 is 6.18 Å². The minimum absolute atomic E-state index is 0.0891. The van der Waals surface area contributed by atoms with Gasteiger partial charge in [0.1, 0.15) is 0 Å². The fraction of sp³-hybridized carbons (Fsp3) is 0.250. The predicted octanol–water partition coefficient (Wildman–Crippen LogP) is 1.85. The zero-order valence-corrected chi connectivity index (χ0v) is 7.99. The van der Waals surface area contributed by atoms with Gasteiger partial charge in [-0.3, -0.25) is 0 Å². The molecule has 0 bridgehead atoms. The zero-order valence-electron chi connectivity index (χ0n) is 7.99. The standard InChI is InChI=1S/C8H5F3N4O/c1-4-14-6(16-15-4)5-2-12-7(13-3-5)8(9,10)11/h2-3H,1H3. The van der Waals surface area contributed by atoms with Crippen molar-refractivity contribution in [3.8, 4) is 11.5 Å². The fourth-order valence-electron chi connectivity index (χ4n) is 0.999. The van der Waals surface area contributed by atoms with Gasteiger partial charge in [-0.25, -0.2) is 9.97 Å². The third-order valence-corrected chi connectivity index (χ3v) is 1.68. The summed E-state index contributed by atoms with van der Waals surface area (Å²) in [6, 6.07) is 0. The number of hydrogen-bond acceptors (Lipinski definition) is 5. The van der Waals surface area contributed by atoms with Crippen LogP contribution in [-0.2, 0) is 6.18 Å². The molecule has 0 saturated carbocycles. The third-order valence-electron chi connectivity index (χ3n) is 1.68. The molecule has 0 amide bonds. The summed E-state index contributed by atoms with van der Waals surface area (Å²) in [7, 11) is 0. The van der Waals surface area contributed by atoms with Crippen molar-refractivity contribution in [3.05, 3.63) is 24.0 Å². The maximum atomic E-state index is 12.1. The van der Waals surface area contributed by atoms with Crippen LogP contribution < -0.4 is 0 Å². The van der Waals surface area contributed by atoms with Gasteiger partial charge in [0.15, 0.2) is 5.82 Å². The molecule has 8 heteroatoms. The van der Waals surface area contributed by atoms with Gasteiger partial charge < -0.3 is 4.52 Å². The van der Waals surface area contributed by atoms with Gasteiger partial charge in [0.2, 0.25) is 5.82 Å². The van der Waals surface area contributed by atoms with Crippen molar-refractivity contribution in [1.29, 1.82) is 0 Å². The van der Waals surface area contributed by atoms with Gasteiger partial charge in [-0.1, -0.05) is 5.16 Å². The van der Waals surface area contributed by atoms with Crippen molar-refractivity contribution in [2.45, 2.75) is 13.1 Å². The molecule has 0 atom stereocenters. The highest BCUT2D eigenvalue weighted by molar-refractivity contribution is 5.48. The number of halogens is 3. The minimum Gasteiger partial charge on any atom is -0.334 e. The number of aromatic nitrogens is 4. The van der Waals surface area contributed by atoms with Gasteiger partial charge in [0.25, 0.3) is 5.89 Å². The maximum Gasteiger partial charge on any atom is 0.451 e. The summed E-state index contributed by atoms with van der Waals surface area (Å²) in [5.74, 6) is -0.728. The average Bonchev–Trinajstić information content (AvgIpc) is 2.64. The lowest BCUT2D eigenvalue weighted by Crippen LogP contribution is -2.10. The third kappa shape index (κ3) is 2.00. The number of aryl methyl sites for hydroxylation is 1. The molecule has 2 aromatic heterocycles. The van der Waals surface area contributed by atoms with Crippen molar-refractivity contribution in [2.24, 2.45) is 0 Å². The Morgan fingerprint density at radius 1 is 1.19 bits per heavy atom. The zero-order chi connectivity index (χ0) is 11.8. The van der Waals surface area contributed by atoms with Crippen LogP contribution in [0.4, 0.5) is 13.2 Å². The molecular weight excluding hydrogens is 225 g/mol. The molecule has 5 nitrogen and oxygen atoms in total. The van der Waals surface area contributed by atoms with E-state index in [4.69, 9.17) is 4.52 Å². The monoisotopic (exact) mass is 230 g/mol. The normalized spacial score (nSPS) is 11.8. The first-order valence-corrected chi connectivity index (χ1v) is 4.17. The highest BCUT2D eigenvalue weighted by atomic mass is 19.4. The Morgan fingerprint density at radius 2 is 1.81 bits per heavy atom. The van der Waals surface area contributed by atoms with Crippen LogP contribution in [-0.4, -0.2) is 20.1 Å². The molecule has 0 spiro atoms. The van der Waals surface area contributed by atoms with Crippen molar-refractivity contribution in [3.63, 3.8) is 0 Å². The van der Waals surface area contributed by atoms with Crippen molar-refractivity contribution < 1.29 is 17.7 Å². The van der Waals surface area contributed by atoms with Crippen molar-refractivity contribution in [2.75, 3.05) is 0 Å². The summed E-state index contributed by atoms with van der Waals surface area (Å²) in [4.78, 5) is 10.2. The van der Waals surface area contributed by atoms with Gasteiger partial charge in [-0.15, -0.1) is 0 Å². The van der Waals surface area contributed by atoms with Crippen LogP contribution in [0.2, 0.25) is 0 Å². The first-order chi connectivity index (χ1) is 7.47. The molecule has 0 saturated heterocycles. The summed E-state index contributed by atoms with van der Waals surface area (Å²) in [5.41, 5.74) is 0.244. The Labute approximate surface area is 87.3 Å². The van der Waals surface area contributed by atoms with E-state index < -0.39 is 12.0 Å². The largest absolute Gasteiger partial charge is 0.451 e. The molecule has 0 radical (unpaired) electrons. The SMILES string of the molecule is Cc1noc(-c2cnc(C(F)(F)F)nc2)n1. The van der Waals surface area contributed by atoms with Gasteiger partial charge in [0, 0.05) is 12.4 Å². The second kappa shape index (κ2) is 3.54. The summed E-state index contributed by atoms with van der Waals surface area (Å²) in [6.07, 6.45) is -2.57. The second-order valence-corrected chi connectivity index (χ2v) is 2.94. The lowest BCUT2D eigenvalue weighted by Gasteiger charge is -2.03. The fourth-order valence-corrected chi connectivity index (χ4v) is 0.999. The number of hydrogen-bond donors (Lipinski definition) is 0. The summed E-state index contributed by atoms with van der Waals surface area (Å²) >= 11 is 0. The van der Waals surface area contributed by atoms with Crippen LogP contribution in [0.1, 0.15) is 11.6 Å². The molecule has 0 fully saturated rings. The van der Waals surface area contributed by atoms with Gasteiger partial charge in [0.05, 0.1) is 5.56 Å². The topological polar surface area (TPSA) is 64.7 Å². The predicted molar refractivity (Wildman–Crippen MR) is 45.1 cm³/mol. The molecule has 2 rings (SSSR count). The Bertz CT molecular complexity index is 491. The van der Waals surface area contributed by atoms with E-state index in [0.717, 1.165) is 12.4 Å². The molecule has 16 heavy (non-hydrogen) atoms. The molecule has 0 aliphatic heterocycles. The van der Waals surface area contributed by atoms with Gasteiger partial charge in [-0.05, 0) is 6.92 Å². The van der Waals surface area contributed by atoms with E-state index in [1.165, 1.54) is 0 Å². The smallest absolute Gasteiger partial charge is 0.334 e. The molecule has 0 aliphatic carbocycles. The van der Waals surface area contributed by atoms with E-state index in [1.807, 2.05) is 0 Å². The molecule has 0 N–H and O–H groups in total. The maximum absolute atomic E-state index is 12.1. The van der Waals surface area contributed by atoms with Crippen LogP contribution in [0.5, 0.6) is 0 Å². The Hall–Kier alpha value is -1.99. The van der Waals surface area contributed by atoms with E-state index in [1.54, 1.807) is 6.92 Å². The lowest BCUT2D eigenvalue weighted by atomic mass is 10.3. The number of nitrogens with zero attached hydrogens (tertiary/aromatic N) is 4. The van der Waals surface area contributed by atoms with E-state index in [2.05, 4.69) is 20.1 Å². The van der Waals surface area contributed by atoms with Crippen LogP contribution in [0.25, 0.3) is 11.5 Å². The van der Waals surface area contributed by atoms with Crippen LogP contribution in [0.15, 0.2) is 16.9 Å². The van der Waals surface area contributed by atoms with E-state index in [-0.39, 0.29) is 11.5 Å². The van der Waals surface area contributed by atoms with Crippen LogP contribution in [0, 0.1) is 6.92 Å². The Kier molecular flexibility index (Phi) is 2.33. The quantitative estimate of drug-likeness (QED) is 0.747. The van der Waals surface area contributed by atoms with E-state index in [9.17, 15) is 13.2 Å². The second-order valence-electron chi connectivity index (χ2n) is 2.94. The van der Waals surface area contributed by atoms with Gasteiger partial charge in [-0.2, -0.15) is 18.2 Å². The van der Waals surface area contributed by atoms with Crippen LogP contribution in [0.3, 0.4) is 0 Å². The summed E-state index contributed by atoms with van der Waals surface area (Å²) in [6.45, 7) is 1.60. The molecule has 0 aliphatic rings. The summed E-state index contributed by atoms with van der Waals surface area (Å²) < 4.78 is 41.2. The first kappa shape index (κ1) is 10.5. The number of alkyl halides is 3. The Morgan fingerprint density at radius 3 is 2.25 bits per heavy atom. The molecule has 2 heterocycles. The first-order valence-electron chi connectivity index (χ1n) is 4.17. The van der Waals surface area contributed by atoms with Crippen molar-refractivity contribution >= 4 is 0 Å². The highest BCUT2D eigenvalue weighted by Gasteiger charge is 2.34.